The first-order chi connectivity index (χ1) is 13.3. The van der Waals surface area contributed by atoms with E-state index in [9.17, 15) is 4.79 Å². The predicted molar refractivity (Wildman–Crippen MR) is 108 cm³/mol. The number of hydrogen-bond acceptors (Lipinski definition) is 2. The van der Waals surface area contributed by atoms with Gasteiger partial charge in [-0.3, -0.25) is 4.79 Å². The quantitative estimate of drug-likeness (QED) is 0.641. The molecule has 3 aromatic rings. The lowest BCUT2D eigenvalue weighted by Crippen LogP contribution is -2.07. The van der Waals surface area contributed by atoms with Gasteiger partial charge in [0.1, 0.15) is 0 Å². The number of carbonyl (C=O) groups excluding carboxylic acids is 1. The van der Waals surface area contributed by atoms with E-state index in [0.717, 1.165) is 29.7 Å². The summed E-state index contributed by atoms with van der Waals surface area (Å²) in [5.41, 5.74) is 5.60. The van der Waals surface area contributed by atoms with Crippen molar-refractivity contribution in [2.75, 3.05) is 5.32 Å². The maximum absolute atomic E-state index is 11.7. The molecular weight excluding hydrogens is 334 g/mol. The van der Waals surface area contributed by atoms with Crippen molar-refractivity contribution in [1.82, 2.24) is 0 Å². The number of anilines is 1. The lowest BCUT2D eigenvalue weighted by molar-refractivity contribution is -0.115. The first-order valence-corrected chi connectivity index (χ1v) is 9.40. The van der Waals surface area contributed by atoms with Crippen LogP contribution >= 0.6 is 0 Å². The van der Waals surface area contributed by atoms with Crippen LogP contribution in [0.15, 0.2) is 78.9 Å². The van der Waals surface area contributed by atoms with Crippen LogP contribution in [-0.2, 0) is 29.0 Å². The molecule has 4 rings (SSSR count). The number of aryl methyl sites for hydroxylation is 1. The van der Waals surface area contributed by atoms with Crippen LogP contribution in [0.4, 0.5) is 5.69 Å². The Morgan fingerprint density at radius 3 is 2.33 bits per heavy atom. The van der Waals surface area contributed by atoms with E-state index in [1.54, 1.807) is 0 Å². The molecule has 0 fully saturated rings. The van der Waals surface area contributed by atoms with E-state index in [0.29, 0.717) is 13.0 Å². The van der Waals surface area contributed by atoms with Gasteiger partial charge in [0.2, 0.25) is 5.91 Å². The molecular formula is C24H23NO2. The normalized spacial score (nSPS) is 13.9. The Balaban J connectivity index is 1.51. The Kier molecular flexibility index (Phi) is 5.31. The lowest BCUT2D eigenvalue weighted by atomic mass is 9.98. The molecule has 3 aromatic carbocycles. The highest BCUT2D eigenvalue weighted by molar-refractivity contribution is 5.99. The van der Waals surface area contributed by atoms with Gasteiger partial charge < -0.3 is 10.1 Å². The summed E-state index contributed by atoms with van der Waals surface area (Å²) in [6, 6.07) is 26.9. The molecule has 136 valence electrons. The first-order valence-electron chi connectivity index (χ1n) is 9.40. The molecule has 1 aliphatic heterocycles. The van der Waals surface area contributed by atoms with Crippen LogP contribution in [0.25, 0.3) is 0 Å². The average Bonchev–Trinajstić information content (AvgIpc) is 3.09. The van der Waals surface area contributed by atoms with Crippen molar-refractivity contribution in [2.45, 2.75) is 32.0 Å². The molecule has 0 unspecified atom stereocenters. The van der Waals surface area contributed by atoms with E-state index >= 15 is 0 Å². The molecule has 1 amide bonds. The van der Waals surface area contributed by atoms with Gasteiger partial charge in [0.05, 0.1) is 19.1 Å². The number of benzene rings is 3. The smallest absolute Gasteiger partial charge is 0.228 e. The second kappa shape index (κ2) is 8.19. The zero-order valence-electron chi connectivity index (χ0n) is 15.2. The summed E-state index contributed by atoms with van der Waals surface area (Å²) in [6.45, 7) is 0.578. The molecule has 1 heterocycles. The number of fused-ring (bicyclic) bond motifs is 1. The molecule has 0 spiro atoms. The van der Waals surface area contributed by atoms with E-state index in [1.165, 1.54) is 11.1 Å². The van der Waals surface area contributed by atoms with Gasteiger partial charge >= 0.3 is 0 Å². The molecule has 0 radical (unpaired) electrons. The van der Waals surface area contributed by atoms with Crippen LogP contribution in [0.3, 0.4) is 0 Å². The van der Waals surface area contributed by atoms with Gasteiger partial charge in [0.25, 0.3) is 0 Å². The Morgan fingerprint density at radius 1 is 0.889 bits per heavy atom. The minimum absolute atomic E-state index is 0.00795. The molecule has 3 nitrogen and oxygen atoms in total. The molecule has 0 saturated heterocycles. The molecule has 3 heteroatoms. The monoisotopic (exact) mass is 357 g/mol. The Bertz CT molecular complexity index is 863. The van der Waals surface area contributed by atoms with Crippen LogP contribution < -0.4 is 5.32 Å². The van der Waals surface area contributed by atoms with E-state index < -0.39 is 0 Å². The minimum atomic E-state index is -0.00795. The van der Waals surface area contributed by atoms with E-state index in [-0.39, 0.29) is 12.0 Å². The SMILES string of the molecule is O=C1Cc2cc([C@@H](CCc3ccccc3)OCc3ccccc3)ccc2N1. The molecule has 0 aromatic heterocycles. The summed E-state index contributed by atoms with van der Waals surface area (Å²) in [5, 5.41) is 2.90. The van der Waals surface area contributed by atoms with Gasteiger partial charge in [0.15, 0.2) is 0 Å². The summed E-state index contributed by atoms with van der Waals surface area (Å²) < 4.78 is 6.32. The fourth-order valence-corrected chi connectivity index (χ4v) is 3.51. The fraction of sp³-hybridized carbons (Fsp3) is 0.208. The number of carbonyl (C=O) groups is 1. The van der Waals surface area contributed by atoms with Crippen molar-refractivity contribution in [3.05, 3.63) is 101 Å². The number of amides is 1. The Labute approximate surface area is 160 Å². The summed E-state index contributed by atoms with van der Waals surface area (Å²) in [4.78, 5) is 11.7. The maximum atomic E-state index is 11.7. The van der Waals surface area contributed by atoms with E-state index in [2.05, 4.69) is 53.8 Å². The van der Waals surface area contributed by atoms with Gasteiger partial charge in [-0.25, -0.2) is 0 Å². The third-order valence-corrected chi connectivity index (χ3v) is 4.96. The third kappa shape index (κ3) is 4.44. The molecule has 0 saturated carbocycles. The Hall–Kier alpha value is -2.91. The number of hydrogen-bond donors (Lipinski definition) is 1. The topological polar surface area (TPSA) is 38.3 Å². The molecule has 0 aliphatic carbocycles. The molecule has 1 atom stereocenters. The van der Waals surface area contributed by atoms with Crippen molar-refractivity contribution in [3.8, 4) is 0 Å². The van der Waals surface area contributed by atoms with Crippen molar-refractivity contribution in [2.24, 2.45) is 0 Å². The predicted octanol–water partition coefficient (Wildman–Crippen LogP) is 5.07. The highest BCUT2D eigenvalue weighted by atomic mass is 16.5. The highest BCUT2D eigenvalue weighted by Crippen LogP contribution is 2.30. The standard InChI is InChI=1S/C24H23NO2/c26-24-16-21-15-20(12-13-22(21)25-24)23(14-11-18-7-3-1-4-8-18)27-17-19-9-5-2-6-10-19/h1-10,12-13,15,23H,11,14,16-17H2,(H,25,26)/t23-/m1/s1. The van der Waals surface area contributed by atoms with Gasteiger partial charge in [-0.2, -0.15) is 0 Å². The van der Waals surface area contributed by atoms with E-state index in [4.69, 9.17) is 4.74 Å². The largest absolute Gasteiger partial charge is 0.369 e. The average molecular weight is 357 g/mol. The van der Waals surface area contributed by atoms with E-state index in [1.807, 2.05) is 30.3 Å². The Morgan fingerprint density at radius 2 is 1.59 bits per heavy atom. The molecule has 0 bridgehead atoms. The molecule has 1 N–H and O–H groups in total. The lowest BCUT2D eigenvalue weighted by Gasteiger charge is -2.19. The molecule has 1 aliphatic rings. The summed E-state index contributed by atoms with van der Waals surface area (Å²) in [6.07, 6.45) is 2.30. The summed E-state index contributed by atoms with van der Waals surface area (Å²) in [7, 11) is 0. The van der Waals surface area contributed by atoms with Crippen LogP contribution in [0.5, 0.6) is 0 Å². The van der Waals surface area contributed by atoms with Crippen molar-refractivity contribution in [3.63, 3.8) is 0 Å². The van der Waals surface area contributed by atoms with Crippen molar-refractivity contribution in [1.29, 1.82) is 0 Å². The van der Waals surface area contributed by atoms with Gasteiger partial charge in [-0.1, -0.05) is 72.8 Å². The van der Waals surface area contributed by atoms with Crippen molar-refractivity contribution < 1.29 is 9.53 Å². The number of rotatable bonds is 7. The highest BCUT2D eigenvalue weighted by Gasteiger charge is 2.20. The second-order valence-corrected chi connectivity index (χ2v) is 6.95. The van der Waals surface area contributed by atoms with Crippen LogP contribution in [0.2, 0.25) is 0 Å². The van der Waals surface area contributed by atoms with Gasteiger partial charge in [-0.05, 0) is 41.2 Å². The van der Waals surface area contributed by atoms with Crippen LogP contribution in [-0.4, -0.2) is 5.91 Å². The fourth-order valence-electron chi connectivity index (χ4n) is 3.51. The summed E-state index contributed by atoms with van der Waals surface area (Å²) >= 11 is 0. The third-order valence-electron chi connectivity index (χ3n) is 4.96. The first kappa shape index (κ1) is 17.5. The van der Waals surface area contributed by atoms with Crippen LogP contribution in [0.1, 0.15) is 34.8 Å². The van der Waals surface area contributed by atoms with Gasteiger partial charge in [-0.15, -0.1) is 0 Å². The second-order valence-electron chi connectivity index (χ2n) is 6.95. The van der Waals surface area contributed by atoms with Gasteiger partial charge in [0, 0.05) is 5.69 Å². The number of nitrogens with one attached hydrogen (secondary N) is 1. The van der Waals surface area contributed by atoms with Crippen LogP contribution in [0, 0.1) is 0 Å². The zero-order chi connectivity index (χ0) is 18.5. The zero-order valence-corrected chi connectivity index (χ0v) is 15.2. The maximum Gasteiger partial charge on any atom is 0.228 e. The van der Waals surface area contributed by atoms with Crippen molar-refractivity contribution >= 4 is 11.6 Å². The molecule has 27 heavy (non-hydrogen) atoms. The minimum Gasteiger partial charge on any atom is -0.369 e. The number of ether oxygens (including phenoxy) is 1. The summed E-state index contributed by atoms with van der Waals surface area (Å²) in [5.74, 6) is 0.0631.